The van der Waals surface area contributed by atoms with Crippen molar-refractivity contribution in [3.8, 4) is 39.5 Å². The van der Waals surface area contributed by atoms with Crippen molar-refractivity contribution in [2.45, 2.75) is 53.2 Å². The van der Waals surface area contributed by atoms with Gasteiger partial charge in [0, 0.05) is 57.4 Å². The zero-order chi connectivity index (χ0) is 42.3. The first-order valence-corrected chi connectivity index (χ1v) is 18.1. The second kappa shape index (κ2) is 16.0. The molecule has 0 unspecified atom stereocenters. The molecular formula is C49H42IrN4O-2. The van der Waals surface area contributed by atoms with E-state index in [-0.39, 0.29) is 31.2 Å². The number of nitrogens with zero attached hydrogens (tertiary/aromatic N) is 4. The van der Waals surface area contributed by atoms with Crippen LogP contribution in [0.5, 0.6) is 0 Å². The predicted molar refractivity (Wildman–Crippen MR) is 222 cm³/mol. The summed E-state index contributed by atoms with van der Waals surface area (Å²) in [5.74, 6) is 1.41. The van der Waals surface area contributed by atoms with Crippen LogP contribution in [-0.2, 0) is 20.1 Å². The summed E-state index contributed by atoms with van der Waals surface area (Å²) in [4.78, 5) is 14.1. The van der Waals surface area contributed by atoms with Gasteiger partial charge < -0.3 is 14.0 Å². The van der Waals surface area contributed by atoms with Crippen LogP contribution in [-0.4, -0.2) is 19.5 Å². The molecule has 0 atom stereocenters. The van der Waals surface area contributed by atoms with Gasteiger partial charge in [-0.05, 0) is 58.8 Å². The second-order valence-corrected chi connectivity index (χ2v) is 13.9. The fourth-order valence-electron chi connectivity index (χ4n) is 6.91. The van der Waals surface area contributed by atoms with Gasteiger partial charge >= 0.3 is 0 Å². The van der Waals surface area contributed by atoms with Crippen molar-refractivity contribution in [2.75, 3.05) is 0 Å². The Morgan fingerprint density at radius 1 is 0.691 bits per heavy atom. The largest absolute Gasteiger partial charge is 0.501 e. The fraction of sp³-hybridized carbons (Fsp3) is 0.163. The maximum Gasteiger partial charge on any atom is 0.168 e. The van der Waals surface area contributed by atoms with Crippen LogP contribution in [0.4, 0.5) is 0 Å². The Balaban J connectivity index is 0.000000226. The second-order valence-electron chi connectivity index (χ2n) is 13.9. The molecule has 0 bridgehead atoms. The Labute approximate surface area is 344 Å². The molecule has 0 aliphatic rings. The first-order valence-electron chi connectivity index (χ1n) is 21.1. The van der Waals surface area contributed by atoms with Gasteiger partial charge in [0.15, 0.2) is 5.65 Å². The number of hydrogen-bond acceptors (Lipinski definition) is 4. The van der Waals surface area contributed by atoms with Crippen molar-refractivity contribution in [2.24, 2.45) is 0 Å². The minimum Gasteiger partial charge on any atom is -0.501 e. The Hall–Kier alpha value is -5.68. The van der Waals surface area contributed by atoms with Gasteiger partial charge in [-0.3, -0.25) is 4.98 Å². The molecule has 5 nitrogen and oxygen atoms in total. The number of aryl methyl sites for hydroxylation is 2. The van der Waals surface area contributed by atoms with E-state index < -0.39 is 13.7 Å². The van der Waals surface area contributed by atoms with Gasteiger partial charge in [0.1, 0.15) is 5.58 Å². The van der Waals surface area contributed by atoms with E-state index in [1.807, 2.05) is 36.5 Å². The van der Waals surface area contributed by atoms with Crippen molar-refractivity contribution in [3.63, 3.8) is 0 Å². The van der Waals surface area contributed by atoms with Gasteiger partial charge in [0.2, 0.25) is 0 Å². The number of rotatable bonds is 6. The van der Waals surface area contributed by atoms with Crippen molar-refractivity contribution in [1.29, 1.82) is 0 Å². The summed E-state index contributed by atoms with van der Waals surface area (Å²) in [7, 11) is 0. The van der Waals surface area contributed by atoms with E-state index in [1.54, 1.807) is 12.1 Å². The van der Waals surface area contributed by atoms with E-state index in [2.05, 4.69) is 110 Å². The summed E-state index contributed by atoms with van der Waals surface area (Å²) in [6.07, 6.45) is 3.22. The number of imidazole rings is 1. The summed E-state index contributed by atoms with van der Waals surface area (Å²) in [5, 5.41) is 2.15. The first-order chi connectivity index (χ1) is 28.7. The monoisotopic (exact) mass is 901 g/mol. The van der Waals surface area contributed by atoms with Gasteiger partial charge in [-0.25, -0.2) is 4.98 Å². The Bertz CT molecular complexity index is 2870. The van der Waals surface area contributed by atoms with Crippen LogP contribution in [0.2, 0.25) is 0 Å². The van der Waals surface area contributed by atoms with Gasteiger partial charge in [0.25, 0.3) is 0 Å². The molecule has 0 spiro atoms. The molecule has 0 fully saturated rings. The van der Waals surface area contributed by atoms with Gasteiger partial charge in [-0.2, -0.15) is 0 Å². The number of fused-ring (bicyclic) bond motifs is 4. The average molecular weight is 901 g/mol. The van der Waals surface area contributed by atoms with Crippen molar-refractivity contribution < 1.29 is 32.7 Å². The maximum absolute atomic E-state index is 7.28. The number of aromatic nitrogens is 4. The van der Waals surface area contributed by atoms with Crippen molar-refractivity contribution in [1.82, 2.24) is 19.5 Å². The molecule has 0 N–H and O–H groups in total. The molecule has 0 saturated carbocycles. The van der Waals surface area contributed by atoms with Gasteiger partial charge in [0.05, 0.1) is 16.9 Å². The van der Waals surface area contributed by atoms with Crippen molar-refractivity contribution >= 4 is 33.1 Å². The molecule has 4 heterocycles. The number of pyridine rings is 2. The molecule has 9 rings (SSSR count). The van der Waals surface area contributed by atoms with Crippen LogP contribution in [0.3, 0.4) is 0 Å². The zero-order valence-electron chi connectivity index (χ0n) is 36.9. The number of hydrogen-bond donors (Lipinski definition) is 0. The summed E-state index contributed by atoms with van der Waals surface area (Å²) in [5.41, 5.74) is 11.6. The quantitative estimate of drug-likeness (QED) is 0.156. The smallest absolute Gasteiger partial charge is 0.168 e. The van der Waals surface area contributed by atoms with Crippen LogP contribution in [0, 0.1) is 25.8 Å². The molecule has 6 heteroatoms. The first kappa shape index (κ1) is 30.6. The Morgan fingerprint density at radius 2 is 1.44 bits per heavy atom. The van der Waals surface area contributed by atoms with Gasteiger partial charge in [-0.15, -0.1) is 53.6 Å². The van der Waals surface area contributed by atoms with Crippen LogP contribution in [0.15, 0.2) is 138 Å². The van der Waals surface area contributed by atoms with E-state index in [0.717, 1.165) is 50.0 Å². The summed E-state index contributed by atoms with van der Waals surface area (Å²) < 4.78 is 52.4. The van der Waals surface area contributed by atoms with Crippen LogP contribution in [0.25, 0.3) is 72.6 Å². The molecule has 275 valence electrons. The standard InChI is InChI=1S/C36H30N3O.C13H12N.Ir/c1-22(2)26-15-10-16-27(23(3)4)33(26)39-31-20-25(24-12-6-5-7-13-24)21-37-35(31)38-36(39)30-18-11-17-29-28-14-8-9-19-32(28)40-34(29)30;1-10-3-6-12(7-4-10)13-8-5-11(2)9-14-13;/h5-17,19-23H,1-4H3;3-6,8-9H,1-2H3;/q2*-1;/i;1D3,2D3;. The van der Waals surface area contributed by atoms with Gasteiger partial charge in [-0.1, -0.05) is 124 Å². The molecule has 0 aliphatic heterocycles. The summed E-state index contributed by atoms with van der Waals surface area (Å²) in [6, 6.07) is 45.4. The number of benzene rings is 5. The Kier molecular flexibility index (Phi) is 8.89. The number of para-hydroxylation sites is 2. The van der Waals surface area contributed by atoms with E-state index in [9.17, 15) is 0 Å². The molecule has 4 aromatic heterocycles. The van der Waals surface area contributed by atoms with Crippen LogP contribution < -0.4 is 0 Å². The molecule has 0 aliphatic carbocycles. The summed E-state index contributed by atoms with van der Waals surface area (Å²) >= 11 is 0. The molecule has 9 aromatic rings. The predicted octanol–water partition coefficient (Wildman–Crippen LogP) is 12.9. The third-order valence-corrected chi connectivity index (χ3v) is 9.60. The minimum absolute atomic E-state index is 0. The van der Waals surface area contributed by atoms with Crippen molar-refractivity contribution in [3.05, 3.63) is 168 Å². The zero-order valence-corrected chi connectivity index (χ0v) is 33.3. The average Bonchev–Trinajstić information content (AvgIpc) is 3.82. The minimum atomic E-state index is -2.18. The van der Waals surface area contributed by atoms with E-state index in [4.69, 9.17) is 22.6 Å². The van der Waals surface area contributed by atoms with Crippen LogP contribution in [0.1, 0.15) is 70.0 Å². The fourth-order valence-corrected chi connectivity index (χ4v) is 6.91. The molecule has 55 heavy (non-hydrogen) atoms. The third-order valence-electron chi connectivity index (χ3n) is 9.60. The number of furan rings is 1. The molecule has 0 saturated heterocycles. The third kappa shape index (κ3) is 7.41. The SMILES string of the molecule is CC(C)c1cccc(C(C)C)c1-n1c(-c2[c-]ccc3c2oc2ccccc23)nc2ncc(-c3ccccc3)cc21.[2H]C([2H])([2H])c1c[c-]c(-c2ccc(C([2H])([2H])[2H])cn2)cc1.[Ir]. The summed E-state index contributed by atoms with van der Waals surface area (Å²) in [6.45, 7) is 4.67. The topological polar surface area (TPSA) is 56.7 Å². The molecule has 1 radical (unpaired) electrons. The molecule has 5 aromatic carbocycles. The normalized spacial score (nSPS) is 13.3. The molecule has 0 amide bonds. The molecular weight excluding hydrogens is 853 g/mol. The van der Waals surface area contributed by atoms with E-state index in [1.165, 1.54) is 41.2 Å². The van der Waals surface area contributed by atoms with Crippen LogP contribution >= 0.6 is 0 Å². The maximum atomic E-state index is 7.28. The Morgan fingerprint density at radius 3 is 2.13 bits per heavy atom. The van der Waals surface area contributed by atoms with E-state index in [0.29, 0.717) is 28.7 Å². The van der Waals surface area contributed by atoms with E-state index >= 15 is 0 Å².